The number of fused-ring (bicyclic) bond motifs is 1. The molecule has 18 heteroatoms. The Hall–Kier alpha value is -3.80. The van der Waals surface area contributed by atoms with Gasteiger partial charge in [-0.05, 0) is 10.3 Å². The number of nitrogens with two attached hydrogens (primary N) is 1. The van der Waals surface area contributed by atoms with E-state index >= 15 is 0 Å². The molecule has 5 atom stereocenters. The Morgan fingerprint density at radius 1 is 0.914 bits per heavy atom. The van der Waals surface area contributed by atoms with Crippen LogP contribution in [0.25, 0.3) is 0 Å². The first kappa shape index (κ1) is 25.8. The first-order chi connectivity index (χ1) is 16.3. The van der Waals surface area contributed by atoms with Crippen molar-refractivity contribution in [3.8, 4) is 0 Å². The Labute approximate surface area is 197 Å². The summed E-state index contributed by atoms with van der Waals surface area (Å²) in [5.41, 5.74) is 5.35. The fourth-order valence-electron chi connectivity index (χ4n) is 3.46. The summed E-state index contributed by atoms with van der Waals surface area (Å²) in [6.45, 7) is 3.57. The van der Waals surface area contributed by atoms with Crippen molar-refractivity contribution in [3.63, 3.8) is 0 Å². The van der Waals surface area contributed by atoms with Gasteiger partial charge in [0, 0.05) is 27.7 Å². The summed E-state index contributed by atoms with van der Waals surface area (Å²) in [5.74, 6) is -4.44. The SMILES string of the molecule is CC(=O)OC[C@H]1O[C@@H](N2c3nonc3C(N)=NS2(=O)=O)[C@H](OC(C)=O)[C@@H](OC(C)=O)[C@@H]1OC(C)=O. The minimum absolute atomic E-state index is 0.271. The summed E-state index contributed by atoms with van der Waals surface area (Å²) in [6.07, 6.45) is -8.11. The maximum atomic E-state index is 13.0. The molecule has 0 aromatic carbocycles. The van der Waals surface area contributed by atoms with Gasteiger partial charge in [-0.25, -0.2) is 4.63 Å². The molecule has 0 saturated carbocycles. The van der Waals surface area contributed by atoms with Crippen molar-refractivity contribution in [3.05, 3.63) is 5.69 Å². The van der Waals surface area contributed by atoms with Crippen LogP contribution in [0.15, 0.2) is 9.03 Å². The van der Waals surface area contributed by atoms with Gasteiger partial charge in [0.1, 0.15) is 12.7 Å². The summed E-state index contributed by atoms with van der Waals surface area (Å²) in [5, 5.41) is 7.03. The van der Waals surface area contributed by atoms with Crippen LogP contribution in [0.5, 0.6) is 0 Å². The second-order valence-corrected chi connectivity index (χ2v) is 8.75. The predicted molar refractivity (Wildman–Crippen MR) is 108 cm³/mol. The van der Waals surface area contributed by atoms with E-state index in [-0.39, 0.29) is 5.69 Å². The van der Waals surface area contributed by atoms with E-state index < -0.39 is 83.0 Å². The van der Waals surface area contributed by atoms with Crippen LogP contribution >= 0.6 is 0 Å². The zero-order chi connectivity index (χ0) is 26.1. The van der Waals surface area contributed by atoms with E-state index in [4.69, 9.17) is 29.4 Å². The number of esters is 4. The number of ether oxygens (including phenoxy) is 5. The lowest BCUT2D eigenvalue weighted by molar-refractivity contribution is -0.250. The van der Waals surface area contributed by atoms with Crippen LogP contribution in [0, 0.1) is 0 Å². The number of rotatable bonds is 6. The highest BCUT2D eigenvalue weighted by Crippen LogP contribution is 2.36. The second kappa shape index (κ2) is 9.82. The molecule has 3 heterocycles. The lowest BCUT2D eigenvalue weighted by Gasteiger charge is -2.46. The Morgan fingerprint density at radius 2 is 1.49 bits per heavy atom. The monoisotopic (exact) mass is 519 g/mol. The van der Waals surface area contributed by atoms with E-state index in [1.165, 1.54) is 0 Å². The number of nitrogens with zero attached hydrogens (tertiary/aromatic N) is 4. The summed E-state index contributed by atoms with van der Waals surface area (Å²) < 4.78 is 61.0. The molecule has 2 N–H and O–H groups in total. The van der Waals surface area contributed by atoms with Gasteiger partial charge in [-0.15, -0.1) is 4.40 Å². The van der Waals surface area contributed by atoms with Gasteiger partial charge in [-0.2, -0.15) is 12.7 Å². The van der Waals surface area contributed by atoms with E-state index in [0.29, 0.717) is 4.31 Å². The zero-order valence-corrected chi connectivity index (χ0v) is 19.6. The van der Waals surface area contributed by atoms with Crippen LogP contribution in [0.4, 0.5) is 5.82 Å². The molecule has 2 aliphatic heterocycles. The summed E-state index contributed by atoms with van der Waals surface area (Å²) in [7, 11) is -4.71. The molecule has 0 unspecified atom stereocenters. The van der Waals surface area contributed by atoms with Crippen LogP contribution in [0.3, 0.4) is 0 Å². The number of carbonyl (C=O) groups is 4. The topological polar surface area (TPSA) is 229 Å². The minimum atomic E-state index is -4.71. The van der Waals surface area contributed by atoms with Gasteiger partial charge >= 0.3 is 34.1 Å². The van der Waals surface area contributed by atoms with Gasteiger partial charge in [0.25, 0.3) is 0 Å². The van der Waals surface area contributed by atoms with E-state index in [2.05, 4.69) is 19.3 Å². The maximum Gasteiger partial charge on any atom is 0.350 e. The third kappa shape index (κ3) is 5.48. The first-order valence-corrected chi connectivity index (χ1v) is 11.2. The summed E-state index contributed by atoms with van der Waals surface area (Å²) in [4.78, 5) is 47.1. The number of amidine groups is 1. The molecule has 17 nitrogen and oxygen atoms in total. The van der Waals surface area contributed by atoms with E-state index in [1.807, 2.05) is 0 Å². The average Bonchev–Trinajstić information content (AvgIpc) is 3.18. The Bertz CT molecular complexity index is 1160. The third-order valence-electron chi connectivity index (χ3n) is 4.58. The first-order valence-electron chi connectivity index (χ1n) is 9.85. The fourth-order valence-corrected chi connectivity index (χ4v) is 4.65. The number of hydrogen-bond donors (Lipinski definition) is 1. The smallest absolute Gasteiger partial charge is 0.350 e. The van der Waals surface area contributed by atoms with Gasteiger partial charge in [0.05, 0.1) is 0 Å². The van der Waals surface area contributed by atoms with Crippen molar-refractivity contribution < 1.29 is 55.9 Å². The van der Waals surface area contributed by atoms with Crippen molar-refractivity contribution in [1.29, 1.82) is 0 Å². The Morgan fingerprint density at radius 3 is 2.06 bits per heavy atom. The van der Waals surface area contributed by atoms with Crippen LogP contribution in [-0.4, -0.2) is 85.7 Å². The number of aromatic nitrogens is 2. The van der Waals surface area contributed by atoms with E-state index in [0.717, 1.165) is 27.7 Å². The van der Waals surface area contributed by atoms with Crippen LogP contribution < -0.4 is 10.0 Å². The quantitative estimate of drug-likeness (QED) is 0.314. The predicted octanol–water partition coefficient (Wildman–Crippen LogP) is -2.08. The molecule has 3 rings (SSSR count). The van der Waals surface area contributed by atoms with Gasteiger partial charge in [-0.3, -0.25) is 19.2 Å². The lowest BCUT2D eigenvalue weighted by Crippen LogP contribution is -2.67. The molecular formula is C17H21N5O12S. The van der Waals surface area contributed by atoms with Crippen molar-refractivity contribution >= 4 is 45.7 Å². The molecular weight excluding hydrogens is 498 g/mol. The van der Waals surface area contributed by atoms with Crippen molar-refractivity contribution in [2.45, 2.75) is 58.3 Å². The van der Waals surface area contributed by atoms with Gasteiger partial charge in [0.2, 0.25) is 5.82 Å². The molecule has 0 radical (unpaired) electrons. The maximum absolute atomic E-state index is 13.0. The largest absolute Gasteiger partial charge is 0.463 e. The van der Waals surface area contributed by atoms with Crippen LogP contribution in [0.1, 0.15) is 33.4 Å². The van der Waals surface area contributed by atoms with Gasteiger partial charge < -0.3 is 29.4 Å². The molecule has 1 fully saturated rings. The molecule has 0 bridgehead atoms. The van der Waals surface area contributed by atoms with E-state index in [1.54, 1.807) is 0 Å². The molecule has 0 spiro atoms. The van der Waals surface area contributed by atoms with Crippen LogP contribution in [-0.2, 0) is 53.1 Å². The molecule has 1 aromatic heterocycles. The normalized spacial score (nSPS) is 27.1. The fraction of sp³-hybridized carbons (Fsp3) is 0.588. The highest BCUT2D eigenvalue weighted by Gasteiger charge is 2.57. The lowest BCUT2D eigenvalue weighted by atomic mass is 9.97. The second-order valence-electron chi connectivity index (χ2n) is 7.28. The number of anilines is 1. The molecule has 0 amide bonds. The van der Waals surface area contributed by atoms with Gasteiger partial charge in [0.15, 0.2) is 36.1 Å². The molecule has 2 aliphatic rings. The molecule has 35 heavy (non-hydrogen) atoms. The highest BCUT2D eigenvalue weighted by molar-refractivity contribution is 7.91. The number of hydrogen-bond acceptors (Lipinski definition) is 15. The molecule has 1 saturated heterocycles. The minimum Gasteiger partial charge on any atom is -0.463 e. The van der Waals surface area contributed by atoms with E-state index in [9.17, 15) is 27.6 Å². The Kier molecular flexibility index (Phi) is 7.25. The summed E-state index contributed by atoms with van der Waals surface area (Å²) >= 11 is 0. The zero-order valence-electron chi connectivity index (χ0n) is 18.8. The van der Waals surface area contributed by atoms with Gasteiger partial charge in [-0.1, -0.05) is 0 Å². The third-order valence-corrected chi connectivity index (χ3v) is 5.89. The Balaban J connectivity index is 2.17. The van der Waals surface area contributed by atoms with Crippen molar-refractivity contribution in [1.82, 2.24) is 10.3 Å². The average molecular weight is 519 g/mol. The molecule has 192 valence electrons. The molecule has 1 aromatic rings. The van der Waals surface area contributed by atoms with Crippen molar-refractivity contribution in [2.75, 3.05) is 10.9 Å². The molecule has 0 aliphatic carbocycles. The standard InChI is InChI=1S/C17H21N5O12S/c1-6(23)29-5-10-12(30-7(2)24)13(31-8(3)25)14(32-9(4)26)17(33-10)22-16-11(19-34-20-16)15(18)21-35(22,27)28/h10,12-14,17H,5H2,1-4H3,(H2,18,21)/t10-,12-,13+,14-,17-/m1/s1. The number of carbonyl (C=O) groups excluding carboxylic acids is 4. The highest BCUT2D eigenvalue weighted by atomic mass is 32.2. The van der Waals surface area contributed by atoms with Crippen molar-refractivity contribution in [2.24, 2.45) is 10.1 Å². The summed E-state index contributed by atoms with van der Waals surface area (Å²) in [6, 6.07) is 0. The van der Waals surface area contributed by atoms with Crippen LogP contribution in [0.2, 0.25) is 0 Å².